The normalized spacial score (nSPS) is 13.0. The van der Waals surface area contributed by atoms with Crippen molar-refractivity contribution in [1.82, 2.24) is 15.4 Å². The maximum absolute atomic E-state index is 5.20. The molecule has 0 aliphatic carbocycles. The highest BCUT2D eigenvalue weighted by atomic mass is 15.2. The first-order valence-corrected chi connectivity index (χ1v) is 3.05. The van der Waals surface area contributed by atoms with Crippen LogP contribution in [-0.4, -0.2) is 9.97 Å². The SMILES string of the molecule is CC(NN)c1cncnc1. The van der Waals surface area contributed by atoms with Crippen LogP contribution in [0.15, 0.2) is 18.7 Å². The molecule has 1 aromatic rings. The van der Waals surface area contributed by atoms with Gasteiger partial charge in [0.25, 0.3) is 0 Å². The van der Waals surface area contributed by atoms with E-state index in [-0.39, 0.29) is 6.04 Å². The monoisotopic (exact) mass is 138 g/mol. The smallest absolute Gasteiger partial charge is 0.115 e. The Morgan fingerprint density at radius 3 is 2.60 bits per heavy atom. The van der Waals surface area contributed by atoms with E-state index in [0.29, 0.717) is 0 Å². The van der Waals surface area contributed by atoms with Crippen molar-refractivity contribution in [3.8, 4) is 0 Å². The molecule has 1 aromatic heterocycles. The lowest BCUT2D eigenvalue weighted by Gasteiger charge is -2.07. The summed E-state index contributed by atoms with van der Waals surface area (Å²) in [6, 6.07) is 0.112. The summed E-state index contributed by atoms with van der Waals surface area (Å²) in [6.07, 6.45) is 4.96. The lowest BCUT2D eigenvalue weighted by atomic mass is 10.2. The summed E-state index contributed by atoms with van der Waals surface area (Å²) in [6.45, 7) is 1.94. The standard InChI is InChI=1S/C6H10N4/c1-5(10-7)6-2-8-4-9-3-6/h2-5,10H,7H2,1H3. The van der Waals surface area contributed by atoms with Gasteiger partial charge in [-0.05, 0) is 6.92 Å². The van der Waals surface area contributed by atoms with Crippen LogP contribution in [0.25, 0.3) is 0 Å². The van der Waals surface area contributed by atoms with Gasteiger partial charge in [-0.25, -0.2) is 9.97 Å². The second-order valence-corrected chi connectivity index (χ2v) is 2.06. The summed E-state index contributed by atoms with van der Waals surface area (Å²) < 4.78 is 0. The van der Waals surface area contributed by atoms with E-state index in [0.717, 1.165) is 5.56 Å². The Morgan fingerprint density at radius 2 is 2.10 bits per heavy atom. The van der Waals surface area contributed by atoms with Gasteiger partial charge in [0.15, 0.2) is 0 Å². The number of rotatable bonds is 2. The van der Waals surface area contributed by atoms with Crippen molar-refractivity contribution in [2.24, 2.45) is 5.84 Å². The van der Waals surface area contributed by atoms with Gasteiger partial charge >= 0.3 is 0 Å². The highest BCUT2D eigenvalue weighted by Crippen LogP contribution is 2.05. The van der Waals surface area contributed by atoms with E-state index in [2.05, 4.69) is 15.4 Å². The van der Waals surface area contributed by atoms with Gasteiger partial charge in [0.2, 0.25) is 0 Å². The third-order valence-electron chi connectivity index (χ3n) is 1.33. The van der Waals surface area contributed by atoms with Crippen molar-refractivity contribution in [2.75, 3.05) is 0 Å². The Bertz CT molecular complexity index is 186. The molecular formula is C6H10N4. The van der Waals surface area contributed by atoms with E-state index < -0.39 is 0 Å². The lowest BCUT2D eigenvalue weighted by Crippen LogP contribution is -2.25. The maximum atomic E-state index is 5.20. The second kappa shape index (κ2) is 3.24. The number of aromatic nitrogens is 2. The third-order valence-corrected chi connectivity index (χ3v) is 1.33. The van der Waals surface area contributed by atoms with Gasteiger partial charge in [0, 0.05) is 24.0 Å². The number of nitrogens with two attached hydrogens (primary N) is 1. The molecule has 0 aliphatic rings. The van der Waals surface area contributed by atoms with E-state index in [9.17, 15) is 0 Å². The van der Waals surface area contributed by atoms with Gasteiger partial charge in [-0.15, -0.1) is 0 Å². The molecule has 3 N–H and O–H groups in total. The first-order valence-electron chi connectivity index (χ1n) is 3.05. The second-order valence-electron chi connectivity index (χ2n) is 2.06. The maximum Gasteiger partial charge on any atom is 0.115 e. The molecule has 0 aliphatic heterocycles. The summed E-state index contributed by atoms with van der Waals surface area (Å²) in [5, 5.41) is 0. The molecule has 0 spiro atoms. The zero-order valence-electron chi connectivity index (χ0n) is 5.78. The fraction of sp³-hybridized carbons (Fsp3) is 0.333. The molecule has 1 heterocycles. The van der Waals surface area contributed by atoms with Crippen LogP contribution in [0.4, 0.5) is 0 Å². The van der Waals surface area contributed by atoms with Gasteiger partial charge in [0.1, 0.15) is 6.33 Å². The van der Waals surface area contributed by atoms with Crippen molar-refractivity contribution in [1.29, 1.82) is 0 Å². The molecule has 0 saturated carbocycles. The van der Waals surface area contributed by atoms with Crippen LogP contribution in [-0.2, 0) is 0 Å². The van der Waals surface area contributed by atoms with E-state index in [1.165, 1.54) is 6.33 Å². The molecule has 1 unspecified atom stereocenters. The van der Waals surface area contributed by atoms with Crippen LogP contribution >= 0.6 is 0 Å². The predicted molar refractivity (Wildman–Crippen MR) is 37.8 cm³/mol. The molecular weight excluding hydrogens is 128 g/mol. The van der Waals surface area contributed by atoms with Gasteiger partial charge in [-0.1, -0.05) is 0 Å². The largest absolute Gasteiger partial charge is 0.271 e. The fourth-order valence-corrected chi connectivity index (χ4v) is 0.630. The minimum atomic E-state index is 0.112. The molecule has 10 heavy (non-hydrogen) atoms. The summed E-state index contributed by atoms with van der Waals surface area (Å²) in [5.74, 6) is 5.20. The zero-order valence-corrected chi connectivity index (χ0v) is 5.78. The summed E-state index contributed by atoms with van der Waals surface area (Å²) >= 11 is 0. The third kappa shape index (κ3) is 1.49. The number of nitrogens with one attached hydrogen (secondary N) is 1. The molecule has 0 radical (unpaired) electrons. The molecule has 1 rings (SSSR count). The average molecular weight is 138 g/mol. The van der Waals surface area contributed by atoms with Crippen LogP contribution in [0, 0.1) is 0 Å². The predicted octanol–water partition coefficient (Wildman–Crippen LogP) is 0.000900. The molecule has 0 aromatic carbocycles. The minimum Gasteiger partial charge on any atom is -0.271 e. The van der Waals surface area contributed by atoms with Gasteiger partial charge in [-0.3, -0.25) is 11.3 Å². The first-order chi connectivity index (χ1) is 4.84. The fourth-order valence-electron chi connectivity index (χ4n) is 0.630. The van der Waals surface area contributed by atoms with Crippen molar-refractivity contribution >= 4 is 0 Å². The van der Waals surface area contributed by atoms with Crippen molar-refractivity contribution in [3.05, 3.63) is 24.3 Å². The van der Waals surface area contributed by atoms with E-state index in [1.54, 1.807) is 12.4 Å². The van der Waals surface area contributed by atoms with Gasteiger partial charge in [0.05, 0.1) is 0 Å². The van der Waals surface area contributed by atoms with Crippen molar-refractivity contribution < 1.29 is 0 Å². The molecule has 54 valence electrons. The van der Waals surface area contributed by atoms with E-state index >= 15 is 0 Å². The molecule has 0 saturated heterocycles. The number of hydrogen-bond donors (Lipinski definition) is 2. The topological polar surface area (TPSA) is 63.8 Å². The Labute approximate surface area is 59.5 Å². The molecule has 0 amide bonds. The first kappa shape index (κ1) is 7.11. The Balaban J connectivity index is 2.75. The number of hydrazine groups is 1. The average Bonchev–Trinajstić information content (AvgIpc) is 2.05. The van der Waals surface area contributed by atoms with Crippen molar-refractivity contribution in [3.63, 3.8) is 0 Å². The summed E-state index contributed by atoms with van der Waals surface area (Å²) in [5.41, 5.74) is 3.59. The van der Waals surface area contributed by atoms with Crippen LogP contribution in [0.1, 0.15) is 18.5 Å². The van der Waals surface area contributed by atoms with Gasteiger partial charge < -0.3 is 0 Å². The van der Waals surface area contributed by atoms with Crippen LogP contribution in [0.5, 0.6) is 0 Å². The van der Waals surface area contributed by atoms with Crippen molar-refractivity contribution in [2.45, 2.75) is 13.0 Å². The number of nitrogens with zero attached hydrogens (tertiary/aromatic N) is 2. The van der Waals surface area contributed by atoms with Crippen LogP contribution in [0.3, 0.4) is 0 Å². The highest BCUT2D eigenvalue weighted by Gasteiger charge is 2.00. The lowest BCUT2D eigenvalue weighted by molar-refractivity contribution is 0.598. The van der Waals surface area contributed by atoms with Gasteiger partial charge in [-0.2, -0.15) is 0 Å². The Hall–Kier alpha value is -1.00. The van der Waals surface area contributed by atoms with Crippen LogP contribution < -0.4 is 11.3 Å². The molecule has 0 fully saturated rings. The highest BCUT2D eigenvalue weighted by molar-refractivity contribution is 5.06. The minimum absolute atomic E-state index is 0.112. The Morgan fingerprint density at radius 1 is 1.50 bits per heavy atom. The van der Waals surface area contributed by atoms with E-state index in [4.69, 9.17) is 5.84 Å². The molecule has 4 heteroatoms. The van der Waals surface area contributed by atoms with Crippen LogP contribution in [0.2, 0.25) is 0 Å². The molecule has 0 bridgehead atoms. The van der Waals surface area contributed by atoms with E-state index in [1.807, 2.05) is 6.92 Å². The molecule has 4 nitrogen and oxygen atoms in total. The summed E-state index contributed by atoms with van der Waals surface area (Å²) in [4.78, 5) is 7.69. The summed E-state index contributed by atoms with van der Waals surface area (Å²) in [7, 11) is 0. The quantitative estimate of drug-likeness (QED) is 0.446. The number of hydrogen-bond acceptors (Lipinski definition) is 4. The Kier molecular flexibility index (Phi) is 2.30. The molecule has 1 atom stereocenters. The zero-order chi connectivity index (χ0) is 7.40.